The summed E-state index contributed by atoms with van der Waals surface area (Å²) in [6.45, 7) is 4.41. The van der Waals surface area contributed by atoms with Crippen molar-refractivity contribution in [3.63, 3.8) is 0 Å². The first-order valence-electron chi connectivity index (χ1n) is 10.6. The molecule has 1 saturated carbocycles. The van der Waals surface area contributed by atoms with Gasteiger partial charge in [0.15, 0.2) is 0 Å². The van der Waals surface area contributed by atoms with E-state index in [0.717, 1.165) is 23.5 Å². The number of benzene rings is 2. The summed E-state index contributed by atoms with van der Waals surface area (Å²) in [6, 6.07) is 14.2. The minimum absolute atomic E-state index is 0.0724. The lowest BCUT2D eigenvalue weighted by atomic mass is 9.77. The van der Waals surface area contributed by atoms with E-state index < -0.39 is 0 Å². The van der Waals surface area contributed by atoms with E-state index >= 15 is 0 Å². The molecule has 0 unspecified atom stereocenters. The molecule has 3 rings (SSSR count). The normalized spacial score (nSPS) is 20.3. The highest BCUT2D eigenvalue weighted by Crippen LogP contribution is 2.38. The fourth-order valence-corrected chi connectivity index (χ4v) is 4.41. The van der Waals surface area contributed by atoms with Gasteiger partial charge in [-0.25, -0.2) is 4.39 Å². The molecule has 1 fully saturated rings. The molecule has 0 bridgehead atoms. The van der Waals surface area contributed by atoms with Crippen LogP contribution in [0, 0.1) is 11.7 Å². The summed E-state index contributed by atoms with van der Waals surface area (Å²) >= 11 is 0. The van der Waals surface area contributed by atoms with Gasteiger partial charge in [-0.1, -0.05) is 75.9 Å². The van der Waals surface area contributed by atoms with Crippen LogP contribution in [-0.4, -0.2) is 0 Å². The molecule has 1 aliphatic carbocycles. The first-order valence-corrected chi connectivity index (χ1v) is 10.6. The van der Waals surface area contributed by atoms with Gasteiger partial charge in [0.05, 0.1) is 0 Å². The highest BCUT2D eigenvalue weighted by Gasteiger charge is 2.22. The first kappa shape index (κ1) is 19.1. The maximum atomic E-state index is 14.8. The van der Waals surface area contributed by atoms with Gasteiger partial charge in [-0.05, 0) is 66.7 Å². The molecule has 0 radical (unpaired) electrons. The molecule has 0 aromatic heterocycles. The van der Waals surface area contributed by atoms with Crippen LogP contribution in [0.25, 0.3) is 11.1 Å². The summed E-state index contributed by atoms with van der Waals surface area (Å²) in [7, 11) is 0. The molecule has 0 heterocycles. The topological polar surface area (TPSA) is 0 Å². The number of aryl methyl sites for hydroxylation is 1. The Labute approximate surface area is 158 Å². The molecule has 0 nitrogen and oxygen atoms in total. The SMILES string of the molecule is CCCCCC1CCC(c2ccc(-c3ccc(CC)cc3)c(F)c2)CC1. The van der Waals surface area contributed by atoms with Crippen molar-refractivity contribution >= 4 is 0 Å². The molecule has 1 aliphatic rings. The zero-order chi connectivity index (χ0) is 18.4. The number of hydrogen-bond donors (Lipinski definition) is 0. The average Bonchev–Trinajstić information content (AvgIpc) is 2.69. The van der Waals surface area contributed by atoms with Gasteiger partial charge in [0.2, 0.25) is 0 Å². The minimum atomic E-state index is -0.0724. The highest BCUT2D eigenvalue weighted by atomic mass is 19.1. The molecule has 1 heteroatoms. The van der Waals surface area contributed by atoms with Gasteiger partial charge in [-0.2, -0.15) is 0 Å². The van der Waals surface area contributed by atoms with E-state index in [-0.39, 0.29) is 5.82 Å². The second kappa shape index (κ2) is 9.35. The van der Waals surface area contributed by atoms with E-state index in [9.17, 15) is 4.39 Å². The Morgan fingerprint density at radius 2 is 1.62 bits per heavy atom. The largest absolute Gasteiger partial charge is 0.206 e. The van der Waals surface area contributed by atoms with Crippen LogP contribution in [0.3, 0.4) is 0 Å². The fourth-order valence-electron chi connectivity index (χ4n) is 4.41. The average molecular weight is 353 g/mol. The van der Waals surface area contributed by atoms with E-state index in [4.69, 9.17) is 0 Å². The number of rotatable bonds is 7. The first-order chi connectivity index (χ1) is 12.7. The van der Waals surface area contributed by atoms with Gasteiger partial charge < -0.3 is 0 Å². The van der Waals surface area contributed by atoms with Gasteiger partial charge in [-0.3, -0.25) is 0 Å². The number of unbranched alkanes of at least 4 members (excludes halogenated alkanes) is 2. The summed E-state index contributed by atoms with van der Waals surface area (Å²) in [4.78, 5) is 0. The number of halogens is 1. The Balaban J connectivity index is 1.62. The molecule has 26 heavy (non-hydrogen) atoms. The van der Waals surface area contributed by atoms with Crippen LogP contribution in [0.15, 0.2) is 42.5 Å². The molecule has 0 aliphatic heterocycles. The van der Waals surface area contributed by atoms with Gasteiger partial charge in [0, 0.05) is 5.56 Å². The molecule has 0 spiro atoms. The zero-order valence-electron chi connectivity index (χ0n) is 16.4. The Hall–Kier alpha value is -1.63. The van der Waals surface area contributed by atoms with E-state index in [1.165, 1.54) is 62.5 Å². The summed E-state index contributed by atoms with van der Waals surface area (Å²) in [5, 5.41) is 0. The summed E-state index contributed by atoms with van der Waals surface area (Å²) in [5.74, 6) is 1.37. The van der Waals surface area contributed by atoms with Crippen molar-refractivity contribution in [2.75, 3.05) is 0 Å². The summed E-state index contributed by atoms with van der Waals surface area (Å²) in [6.07, 6.45) is 11.5. The van der Waals surface area contributed by atoms with Crippen molar-refractivity contribution in [3.8, 4) is 11.1 Å². The highest BCUT2D eigenvalue weighted by molar-refractivity contribution is 5.65. The van der Waals surface area contributed by atoms with E-state index in [1.807, 2.05) is 18.2 Å². The molecular weight excluding hydrogens is 319 g/mol. The van der Waals surface area contributed by atoms with Crippen molar-refractivity contribution < 1.29 is 4.39 Å². The maximum Gasteiger partial charge on any atom is 0.131 e. The van der Waals surface area contributed by atoms with Crippen LogP contribution in [0.5, 0.6) is 0 Å². The van der Waals surface area contributed by atoms with Crippen molar-refractivity contribution in [1.82, 2.24) is 0 Å². The van der Waals surface area contributed by atoms with E-state index in [2.05, 4.69) is 32.0 Å². The van der Waals surface area contributed by atoms with E-state index in [1.54, 1.807) is 6.07 Å². The molecule has 0 N–H and O–H groups in total. The van der Waals surface area contributed by atoms with Crippen molar-refractivity contribution in [1.29, 1.82) is 0 Å². The summed E-state index contributed by atoms with van der Waals surface area (Å²) in [5.41, 5.74) is 4.19. The fraction of sp³-hybridized carbons (Fsp3) is 0.520. The summed E-state index contributed by atoms with van der Waals surface area (Å²) < 4.78 is 14.8. The van der Waals surface area contributed by atoms with Crippen molar-refractivity contribution in [3.05, 3.63) is 59.4 Å². The van der Waals surface area contributed by atoms with E-state index in [0.29, 0.717) is 5.92 Å². The second-order valence-electron chi connectivity index (χ2n) is 8.00. The van der Waals surface area contributed by atoms with Crippen LogP contribution in [0.2, 0.25) is 0 Å². The van der Waals surface area contributed by atoms with Crippen LogP contribution >= 0.6 is 0 Å². The van der Waals surface area contributed by atoms with Gasteiger partial charge >= 0.3 is 0 Å². The van der Waals surface area contributed by atoms with Crippen molar-refractivity contribution in [2.45, 2.75) is 77.6 Å². The van der Waals surface area contributed by atoms with Crippen LogP contribution in [0.1, 0.15) is 82.3 Å². The zero-order valence-corrected chi connectivity index (χ0v) is 16.4. The van der Waals surface area contributed by atoms with Crippen LogP contribution in [-0.2, 0) is 6.42 Å². The van der Waals surface area contributed by atoms with Crippen LogP contribution in [0.4, 0.5) is 4.39 Å². The van der Waals surface area contributed by atoms with Crippen molar-refractivity contribution in [2.24, 2.45) is 5.92 Å². The molecular formula is C25H33F. The second-order valence-corrected chi connectivity index (χ2v) is 8.00. The maximum absolute atomic E-state index is 14.8. The monoisotopic (exact) mass is 352 g/mol. The predicted octanol–water partition coefficient (Wildman–Crippen LogP) is 7.91. The Morgan fingerprint density at radius 3 is 2.23 bits per heavy atom. The third kappa shape index (κ3) is 4.75. The molecule has 0 atom stereocenters. The quantitative estimate of drug-likeness (QED) is 0.444. The Morgan fingerprint density at radius 1 is 0.885 bits per heavy atom. The molecule has 140 valence electrons. The molecule has 2 aromatic carbocycles. The lowest BCUT2D eigenvalue weighted by molar-refractivity contribution is 0.302. The Bertz CT molecular complexity index is 678. The lowest BCUT2D eigenvalue weighted by Crippen LogP contribution is -2.13. The molecule has 0 amide bonds. The van der Waals surface area contributed by atoms with Gasteiger partial charge in [-0.15, -0.1) is 0 Å². The standard InChI is InChI=1S/C25H33F/c1-3-5-6-7-20-10-12-21(13-11-20)23-16-17-24(25(26)18-23)22-14-8-19(4-2)9-15-22/h8-9,14-18,20-21H,3-7,10-13H2,1-2H3. The van der Waals surface area contributed by atoms with Gasteiger partial charge in [0.25, 0.3) is 0 Å². The Kier molecular flexibility index (Phi) is 6.88. The predicted molar refractivity (Wildman–Crippen MR) is 110 cm³/mol. The molecule has 0 saturated heterocycles. The third-order valence-electron chi connectivity index (χ3n) is 6.20. The smallest absolute Gasteiger partial charge is 0.131 e. The number of hydrogen-bond acceptors (Lipinski definition) is 0. The lowest BCUT2D eigenvalue weighted by Gasteiger charge is -2.29. The van der Waals surface area contributed by atoms with Gasteiger partial charge in [0.1, 0.15) is 5.82 Å². The van der Waals surface area contributed by atoms with Crippen LogP contribution < -0.4 is 0 Å². The molecule has 2 aromatic rings. The minimum Gasteiger partial charge on any atom is -0.206 e. The third-order valence-corrected chi connectivity index (χ3v) is 6.20.